The van der Waals surface area contributed by atoms with E-state index in [-0.39, 0.29) is 18.8 Å². The van der Waals surface area contributed by atoms with Crippen molar-refractivity contribution in [3.8, 4) is 5.75 Å². The zero-order valence-electron chi connectivity index (χ0n) is 13.2. The molecule has 0 aromatic heterocycles. The van der Waals surface area contributed by atoms with Gasteiger partial charge in [-0.05, 0) is 68.9 Å². The maximum absolute atomic E-state index is 10.5. The zero-order chi connectivity index (χ0) is 15.1. The summed E-state index contributed by atoms with van der Waals surface area (Å²) in [5.74, 6) is 0.963. The van der Waals surface area contributed by atoms with Gasteiger partial charge in [0, 0.05) is 6.42 Å². The summed E-state index contributed by atoms with van der Waals surface area (Å²) < 4.78 is 5.18. The maximum Gasteiger partial charge on any atom is 0.303 e. The van der Waals surface area contributed by atoms with Gasteiger partial charge < -0.3 is 14.7 Å². The molecule has 2 rings (SSSR count). The second-order valence-corrected chi connectivity index (χ2v) is 5.83. The van der Waals surface area contributed by atoms with Crippen LogP contribution in [0.4, 0.5) is 0 Å². The molecule has 4 nitrogen and oxygen atoms in total. The van der Waals surface area contributed by atoms with Gasteiger partial charge in [-0.25, -0.2) is 0 Å². The minimum Gasteiger partial charge on any atom is -0.497 e. The third kappa shape index (κ3) is 6.24. The van der Waals surface area contributed by atoms with E-state index >= 15 is 0 Å². The number of aliphatic carboxylic acids is 1. The van der Waals surface area contributed by atoms with Crippen LogP contribution >= 0.6 is 12.4 Å². The highest BCUT2D eigenvalue weighted by atomic mass is 35.5. The van der Waals surface area contributed by atoms with Crippen molar-refractivity contribution in [2.24, 2.45) is 5.92 Å². The molecule has 0 radical (unpaired) electrons. The van der Waals surface area contributed by atoms with Crippen LogP contribution in [0.2, 0.25) is 0 Å². The second-order valence-electron chi connectivity index (χ2n) is 5.83. The molecule has 0 bridgehead atoms. The number of rotatable bonds is 7. The van der Waals surface area contributed by atoms with E-state index in [0.29, 0.717) is 0 Å². The number of carboxylic acids is 1. The summed E-state index contributed by atoms with van der Waals surface area (Å²) in [5.41, 5.74) is 1.38. The van der Waals surface area contributed by atoms with E-state index < -0.39 is 5.97 Å². The minimum absolute atomic E-state index is 0. The molecule has 0 aliphatic carbocycles. The molecule has 0 atom stereocenters. The Labute approximate surface area is 138 Å². The highest BCUT2D eigenvalue weighted by Crippen LogP contribution is 2.23. The Morgan fingerprint density at radius 3 is 2.45 bits per heavy atom. The molecule has 22 heavy (non-hydrogen) atoms. The number of hydrogen-bond acceptors (Lipinski definition) is 3. The molecule has 1 aliphatic heterocycles. The number of hydrogen-bond donors (Lipinski definition) is 1. The van der Waals surface area contributed by atoms with Gasteiger partial charge in [-0.1, -0.05) is 12.1 Å². The summed E-state index contributed by atoms with van der Waals surface area (Å²) in [7, 11) is 1.69. The molecular weight excluding hydrogens is 302 g/mol. The molecule has 1 N–H and O–H groups in total. The van der Waals surface area contributed by atoms with Crippen LogP contribution in [0.15, 0.2) is 24.3 Å². The van der Waals surface area contributed by atoms with Crippen molar-refractivity contribution in [1.82, 2.24) is 4.90 Å². The highest BCUT2D eigenvalue weighted by Gasteiger charge is 2.19. The van der Waals surface area contributed by atoms with Crippen LogP contribution in [-0.2, 0) is 11.2 Å². The van der Waals surface area contributed by atoms with E-state index in [1.54, 1.807) is 7.11 Å². The molecule has 1 saturated heterocycles. The first-order valence-electron chi connectivity index (χ1n) is 7.74. The van der Waals surface area contributed by atoms with E-state index in [1.807, 2.05) is 12.1 Å². The highest BCUT2D eigenvalue weighted by molar-refractivity contribution is 5.85. The summed E-state index contributed by atoms with van der Waals surface area (Å²) >= 11 is 0. The maximum atomic E-state index is 10.5. The standard InChI is InChI=1S/C17H25NO3.ClH/c1-21-16-6-4-14(5-7-16)13-15-8-11-18(12-9-15)10-2-3-17(19)20;/h4-7,15H,2-3,8-13H2,1H3,(H,19,20);1H. The van der Waals surface area contributed by atoms with E-state index in [4.69, 9.17) is 9.84 Å². The van der Waals surface area contributed by atoms with Crippen LogP contribution in [0.25, 0.3) is 0 Å². The number of carboxylic acid groups (broad SMARTS) is 1. The average Bonchev–Trinajstić information content (AvgIpc) is 2.49. The van der Waals surface area contributed by atoms with Crippen molar-refractivity contribution >= 4 is 18.4 Å². The first kappa shape index (κ1) is 18.8. The van der Waals surface area contributed by atoms with E-state index in [0.717, 1.165) is 44.1 Å². The summed E-state index contributed by atoms with van der Waals surface area (Å²) in [6.07, 6.45) is 4.59. The predicted octanol–water partition coefficient (Wildman–Crippen LogP) is 3.24. The van der Waals surface area contributed by atoms with Crippen molar-refractivity contribution in [2.45, 2.75) is 32.1 Å². The number of likely N-dealkylation sites (tertiary alicyclic amines) is 1. The van der Waals surface area contributed by atoms with Crippen molar-refractivity contribution in [3.63, 3.8) is 0 Å². The lowest BCUT2D eigenvalue weighted by Crippen LogP contribution is -2.35. The Morgan fingerprint density at radius 2 is 1.91 bits per heavy atom. The molecule has 0 spiro atoms. The Balaban J connectivity index is 0.00000242. The Bertz CT molecular complexity index is 442. The van der Waals surface area contributed by atoms with Crippen LogP contribution in [0.3, 0.4) is 0 Å². The molecule has 0 saturated carbocycles. The smallest absolute Gasteiger partial charge is 0.303 e. The van der Waals surface area contributed by atoms with Crippen molar-refractivity contribution < 1.29 is 14.6 Å². The van der Waals surface area contributed by atoms with Gasteiger partial charge >= 0.3 is 5.97 Å². The van der Waals surface area contributed by atoms with Crippen LogP contribution in [-0.4, -0.2) is 42.7 Å². The lowest BCUT2D eigenvalue weighted by Gasteiger charge is -2.31. The van der Waals surface area contributed by atoms with Crippen molar-refractivity contribution in [3.05, 3.63) is 29.8 Å². The molecule has 1 aromatic rings. The molecular formula is C17H26ClNO3. The number of carbonyl (C=O) groups is 1. The van der Waals surface area contributed by atoms with Gasteiger partial charge in [-0.3, -0.25) is 4.79 Å². The number of benzene rings is 1. The van der Waals surface area contributed by atoms with Crippen molar-refractivity contribution in [2.75, 3.05) is 26.7 Å². The molecule has 1 heterocycles. The Hall–Kier alpha value is -1.26. The van der Waals surface area contributed by atoms with Crippen LogP contribution in [0, 0.1) is 5.92 Å². The first-order valence-corrected chi connectivity index (χ1v) is 7.74. The van der Waals surface area contributed by atoms with Crippen molar-refractivity contribution in [1.29, 1.82) is 0 Å². The number of nitrogens with zero attached hydrogens (tertiary/aromatic N) is 1. The van der Waals surface area contributed by atoms with Crippen LogP contribution in [0.1, 0.15) is 31.2 Å². The normalized spacial score (nSPS) is 16.0. The molecule has 0 unspecified atom stereocenters. The molecule has 5 heteroatoms. The fraction of sp³-hybridized carbons (Fsp3) is 0.588. The van der Waals surface area contributed by atoms with Gasteiger partial charge in [0.25, 0.3) is 0 Å². The van der Waals surface area contributed by atoms with Gasteiger partial charge in [-0.15, -0.1) is 12.4 Å². The SMILES string of the molecule is COc1ccc(CC2CCN(CCCC(=O)O)CC2)cc1.Cl. The third-order valence-corrected chi connectivity index (χ3v) is 4.26. The van der Waals surface area contributed by atoms with E-state index in [2.05, 4.69) is 17.0 Å². The number of ether oxygens (including phenoxy) is 1. The molecule has 0 amide bonds. The predicted molar refractivity (Wildman–Crippen MR) is 90.0 cm³/mol. The van der Waals surface area contributed by atoms with Gasteiger partial charge in [-0.2, -0.15) is 0 Å². The topological polar surface area (TPSA) is 49.8 Å². The Morgan fingerprint density at radius 1 is 1.27 bits per heavy atom. The average molecular weight is 328 g/mol. The summed E-state index contributed by atoms with van der Waals surface area (Å²) in [4.78, 5) is 12.9. The molecule has 1 fully saturated rings. The summed E-state index contributed by atoms with van der Waals surface area (Å²) in [6.45, 7) is 3.11. The summed E-state index contributed by atoms with van der Waals surface area (Å²) in [5, 5.41) is 8.66. The molecule has 1 aromatic carbocycles. The fourth-order valence-electron chi connectivity index (χ4n) is 2.96. The van der Waals surface area contributed by atoms with Gasteiger partial charge in [0.2, 0.25) is 0 Å². The van der Waals surface area contributed by atoms with Gasteiger partial charge in [0.1, 0.15) is 5.75 Å². The lowest BCUT2D eigenvalue weighted by molar-refractivity contribution is -0.137. The van der Waals surface area contributed by atoms with Gasteiger partial charge in [0.15, 0.2) is 0 Å². The quantitative estimate of drug-likeness (QED) is 0.835. The molecule has 1 aliphatic rings. The second kappa shape index (κ2) is 9.70. The zero-order valence-corrected chi connectivity index (χ0v) is 14.0. The van der Waals surface area contributed by atoms with E-state index in [1.165, 1.54) is 18.4 Å². The number of methoxy groups -OCH3 is 1. The number of piperidine rings is 1. The van der Waals surface area contributed by atoms with E-state index in [9.17, 15) is 4.79 Å². The third-order valence-electron chi connectivity index (χ3n) is 4.26. The minimum atomic E-state index is -0.690. The lowest BCUT2D eigenvalue weighted by atomic mass is 9.90. The molecule has 124 valence electrons. The fourth-order valence-corrected chi connectivity index (χ4v) is 2.96. The van der Waals surface area contributed by atoms with Gasteiger partial charge in [0.05, 0.1) is 7.11 Å². The monoisotopic (exact) mass is 327 g/mol. The van der Waals surface area contributed by atoms with Crippen LogP contribution in [0.5, 0.6) is 5.75 Å². The Kier molecular flexibility index (Phi) is 8.28. The summed E-state index contributed by atoms with van der Waals surface area (Å²) in [6, 6.07) is 8.35. The largest absolute Gasteiger partial charge is 0.497 e. The first-order chi connectivity index (χ1) is 10.2. The number of halogens is 1. The van der Waals surface area contributed by atoms with Crippen LogP contribution < -0.4 is 4.74 Å².